The Balaban J connectivity index is 0.000000271. The van der Waals surface area contributed by atoms with E-state index in [1.807, 2.05) is 4.57 Å². The van der Waals surface area contributed by atoms with Gasteiger partial charge in [0.15, 0.2) is 0 Å². The van der Waals surface area contributed by atoms with Gasteiger partial charge in [-0.3, -0.25) is 9.78 Å². The van der Waals surface area contributed by atoms with Crippen molar-refractivity contribution in [3.63, 3.8) is 0 Å². The number of primary amides is 1. The maximum absolute atomic E-state index is 12.4. The number of imidazole rings is 1. The van der Waals surface area contributed by atoms with E-state index >= 15 is 0 Å². The third-order valence-corrected chi connectivity index (χ3v) is 5.02. The molecule has 2 N–H and O–H groups in total. The van der Waals surface area contributed by atoms with Crippen LogP contribution in [-0.2, 0) is 22.4 Å². The molecule has 0 radical (unpaired) electrons. The van der Waals surface area contributed by atoms with Gasteiger partial charge in [-0.1, -0.05) is 0 Å². The van der Waals surface area contributed by atoms with Gasteiger partial charge in [0.1, 0.15) is 17.3 Å². The maximum atomic E-state index is 12.4. The van der Waals surface area contributed by atoms with Gasteiger partial charge in [0.2, 0.25) is 0 Å². The molecular weight excluding hydrogens is 455 g/mol. The van der Waals surface area contributed by atoms with Gasteiger partial charge in [0.25, 0.3) is 5.91 Å². The summed E-state index contributed by atoms with van der Waals surface area (Å²) in [4.78, 5) is 22.5. The number of carbonyl (C=O) groups excluding carboxylic acids is 1. The van der Waals surface area contributed by atoms with Crippen molar-refractivity contribution >= 4 is 16.9 Å². The van der Waals surface area contributed by atoms with Crippen LogP contribution in [0.15, 0.2) is 30.6 Å². The molecule has 1 fully saturated rings. The van der Waals surface area contributed by atoms with Gasteiger partial charge < -0.3 is 24.5 Å². The smallest absolute Gasteiger partial charge is 0.406 e. The SMILES string of the molecule is COCCn1c(CC2CCCO2)nc2cc(OC(F)(F)F)ccc21.Cc1cnc(C(N)=O)cn1. The molecule has 1 amide bonds. The molecule has 1 atom stereocenters. The third kappa shape index (κ3) is 7.12. The van der Waals surface area contributed by atoms with Gasteiger partial charge in [-0.2, -0.15) is 0 Å². The van der Waals surface area contributed by atoms with Gasteiger partial charge in [-0.25, -0.2) is 9.97 Å². The highest BCUT2D eigenvalue weighted by atomic mass is 19.4. The number of benzene rings is 1. The van der Waals surface area contributed by atoms with Crippen LogP contribution in [0.1, 0.15) is 34.8 Å². The zero-order chi connectivity index (χ0) is 24.7. The standard InChI is InChI=1S/C16H19F3N2O3.C6H7N3O/c1-22-8-6-21-14-5-4-12(24-16(17,18)19)9-13(14)20-15(21)10-11-3-2-7-23-11;1-4-2-9-5(3-8-4)6(7)10/h4-5,9,11H,2-3,6-8,10H2,1H3;2-3H,1H3,(H2,7,10). The molecule has 9 nitrogen and oxygen atoms in total. The fraction of sp³-hybridized carbons (Fsp3) is 0.455. The first kappa shape index (κ1) is 25.4. The number of hydrogen-bond acceptors (Lipinski definition) is 7. The lowest BCUT2D eigenvalue weighted by molar-refractivity contribution is -0.274. The second kappa shape index (κ2) is 11.3. The molecule has 12 heteroatoms. The zero-order valence-corrected chi connectivity index (χ0v) is 18.8. The first-order valence-corrected chi connectivity index (χ1v) is 10.6. The van der Waals surface area contributed by atoms with Gasteiger partial charge in [-0.15, -0.1) is 13.2 Å². The number of amides is 1. The molecule has 4 rings (SSSR count). The van der Waals surface area contributed by atoms with Crippen molar-refractivity contribution in [3.8, 4) is 5.75 Å². The van der Waals surface area contributed by atoms with E-state index in [1.165, 1.54) is 24.5 Å². The van der Waals surface area contributed by atoms with Gasteiger partial charge >= 0.3 is 6.36 Å². The lowest BCUT2D eigenvalue weighted by atomic mass is 10.2. The Morgan fingerprint density at radius 2 is 2.09 bits per heavy atom. The zero-order valence-electron chi connectivity index (χ0n) is 18.8. The lowest BCUT2D eigenvalue weighted by Crippen LogP contribution is -2.17. The van der Waals surface area contributed by atoms with E-state index in [2.05, 4.69) is 19.7 Å². The van der Waals surface area contributed by atoms with E-state index in [1.54, 1.807) is 20.1 Å². The van der Waals surface area contributed by atoms with Gasteiger partial charge in [0.05, 0.1) is 35.6 Å². The number of ether oxygens (including phenoxy) is 3. The van der Waals surface area contributed by atoms with E-state index < -0.39 is 12.3 Å². The lowest BCUT2D eigenvalue weighted by Gasteiger charge is -2.12. The topological polar surface area (TPSA) is 114 Å². The average Bonchev–Trinajstić information content (AvgIpc) is 3.39. The van der Waals surface area contributed by atoms with Crippen LogP contribution in [0.2, 0.25) is 0 Å². The van der Waals surface area contributed by atoms with E-state index in [0.717, 1.165) is 36.5 Å². The highest BCUT2D eigenvalue weighted by Crippen LogP contribution is 2.28. The van der Waals surface area contributed by atoms with Crippen LogP contribution in [0.5, 0.6) is 5.75 Å². The predicted octanol–water partition coefficient (Wildman–Crippen LogP) is 3.19. The molecule has 184 valence electrons. The molecule has 0 saturated carbocycles. The van der Waals surface area contributed by atoms with Crippen LogP contribution in [-0.4, -0.2) is 58.2 Å². The molecular formula is C22H26F3N5O4. The molecule has 1 aromatic carbocycles. The number of aromatic nitrogens is 4. The summed E-state index contributed by atoms with van der Waals surface area (Å²) >= 11 is 0. The van der Waals surface area contributed by atoms with Gasteiger partial charge in [0, 0.05) is 38.9 Å². The minimum atomic E-state index is -4.72. The summed E-state index contributed by atoms with van der Waals surface area (Å²) < 4.78 is 53.9. The normalized spacial score (nSPS) is 15.7. The van der Waals surface area contributed by atoms with Crippen molar-refractivity contribution in [3.05, 3.63) is 47.8 Å². The van der Waals surface area contributed by atoms with Crippen LogP contribution in [0.25, 0.3) is 11.0 Å². The van der Waals surface area contributed by atoms with Crippen molar-refractivity contribution < 1.29 is 32.2 Å². The van der Waals surface area contributed by atoms with Crippen molar-refractivity contribution in [2.45, 2.75) is 45.2 Å². The Morgan fingerprint density at radius 1 is 1.29 bits per heavy atom. The van der Waals surface area contributed by atoms with E-state index in [4.69, 9.17) is 15.2 Å². The summed E-state index contributed by atoms with van der Waals surface area (Å²) in [5.74, 6) is -0.0272. The molecule has 1 aliphatic rings. The molecule has 0 bridgehead atoms. The van der Waals surface area contributed by atoms with Crippen molar-refractivity contribution in [1.82, 2.24) is 19.5 Å². The fourth-order valence-electron chi connectivity index (χ4n) is 3.47. The number of rotatable bonds is 7. The Morgan fingerprint density at radius 3 is 2.68 bits per heavy atom. The Bertz CT molecular complexity index is 1100. The Hall–Kier alpha value is -3.25. The Kier molecular flexibility index (Phi) is 8.40. The first-order valence-electron chi connectivity index (χ1n) is 10.6. The number of fused-ring (bicyclic) bond motifs is 1. The summed E-state index contributed by atoms with van der Waals surface area (Å²) in [6, 6.07) is 4.21. The monoisotopic (exact) mass is 481 g/mol. The number of nitrogens with two attached hydrogens (primary N) is 1. The second-order valence-corrected chi connectivity index (χ2v) is 7.62. The number of halogens is 3. The second-order valence-electron chi connectivity index (χ2n) is 7.62. The third-order valence-electron chi connectivity index (χ3n) is 5.02. The quantitative estimate of drug-likeness (QED) is 0.551. The van der Waals surface area contributed by atoms with Crippen LogP contribution in [0.3, 0.4) is 0 Å². The first-order chi connectivity index (χ1) is 16.2. The molecule has 1 unspecified atom stereocenters. The number of carbonyl (C=O) groups is 1. The summed E-state index contributed by atoms with van der Waals surface area (Å²) in [7, 11) is 1.61. The van der Waals surface area contributed by atoms with Crippen LogP contribution >= 0.6 is 0 Å². The molecule has 0 aliphatic carbocycles. The molecule has 3 aromatic rings. The molecule has 0 spiro atoms. The van der Waals surface area contributed by atoms with Crippen LogP contribution in [0, 0.1) is 6.92 Å². The van der Waals surface area contributed by atoms with E-state index in [0.29, 0.717) is 25.1 Å². The summed E-state index contributed by atoms with van der Waals surface area (Å²) in [6.45, 7) is 3.60. The largest absolute Gasteiger partial charge is 0.573 e. The minimum absolute atomic E-state index is 0.106. The fourth-order valence-corrected chi connectivity index (χ4v) is 3.47. The number of methoxy groups -OCH3 is 1. The van der Waals surface area contributed by atoms with E-state index in [9.17, 15) is 18.0 Å². The molecule has 2 aromatic heterocycles. The maximum Gasteiger partial charge on any atom is 0.573 e. The highest BCUT2D eigenvalue weighted by molar-refractivity contribution is 5.90. The average molecular weight is 481 g/mol. The van der Waals surface area contributed by atoms with Crippen molar-refractivity contribution in [1.29, 1.82) is 0 Å². The number of aryl methyl sites for hydroxylation is 1. The Labute approximate surface area is 194 Å². The number of nitrogens with zero attached hydrogens (tertiary/aromatic N) is 4. The summed E-state index contributed by atoms with van der Waals surface area (Å²) in [5, 5.41) is 0. The molecule has 3 heterocycles. The molecule has 1 aliphatic heterocycles. The van der Waals surface area contributed by atoms with Crippen LogP contribution in [0.4, 0.5) is 13.2 Å². The minimum Gasteiger partial charge on any atom is -0.406 e. The highest BCUT2D eigenvalue weighted by Gasteiger charge is 2.31. The van der Waals surface area contributed by atoms with Crippen molar-refractivity contribution in [2.75, 3.05) is 20.3 Å². The summed E-state index contributed by atoms with van der Waals surface area (Å²) in [5.41, 5.74) is 7.12. The molecule has 34 heavy (non-hydrogen) atoms. The van der Waals surface area contributed by atoms with Crippen LogP contribution < -0.4 is 10.5 Å². The van der Waals surface area contributed by atoms with E-state index in [-0.39, 0.29) is 17.5 Å². The summed E-state index contributed by atoms with van der Waals surface area (Å²) in [6.07, 6.45) is 0.870. The van der Waals surface area contributed by atoms with Gasteiger partial charge in [-0.05, 0) is 31.9 Å². The number of hydrogen-bond donors (Lipinski definition) is 1. The molecule has 1 saturated heterocycles. The number of alkyl halides is 3. The van der Waals surface area contributed by atoms with Crippen molar-refractivity contribution in [2.24, 2.45) is 5.73 Å². The predicted molar refractivity (Wildman–Crippen MR) is 116 cm³/mol.